The molecule has 0 radical (unpaired) electrons. The van der Waals surface area contributed by atoms with Crippen molar-refractivity contribution in [2.75, 3.05) is 46.4 Å². The van der Waals surface area contributed by atoms with Crippen LogP contribution in [0, 0.1) is 17.6 Å². The van der Waals surface area contributed by atoms with Gasteiger partial charge in [-0.15, -0.1) is 0 Å². The van der Waals surface area contributed by atoms with Gasteiger partial charge < -0.3 is 21.5 Å². The Morgan fingerprint density at radius 3 is 2.72 bits per heavy atom. The molecule has 0 spiro atoms. The maximum atomic E-state index is 14.4. The predicted octanol–water partition coefficient (Wildman–Crippen LogP) is 2.88. The molecule has 0 aliphatic carbocycles. The van der Waals surface area contributed by atoms with E-state index in [1.165, 1.54) is 0 Å². The van der Waals surface area contributed by atoms with Gasteiger partial charge in [-0.1, -0.05) is 30.8 Å². The van der Waals surface area contributed by atoms with Crippen LogP contribution >= 0.6 is 0 Å². The smallest absolute Gasteiger partial charge is 0.130 e. The Kier molecular flexibility index (Phi) is 14.3. The molecule has 2 aliphatic rings. The van der Waals surface area contributed by atoms with Crippen LogP contribution in [0.2, 0.25) is 0 Å². The summed E-state index contributed by atoms with van der Waals surface area (Å²) >= 11 is 0. The molecular weight excluding hydrogens is 499 g/mol. The second-order valence-corrected chi connectivity index (χ2v) is 9.65. The van der Waals surface area contributed by atoms with Crippen LogP contribution in [0.1, 0.15) is 43.7 Å². The second-order valence-electron chi connectivity index (χ2n) is 9.65. The number of nitrogens with zero attached hydrogens (tertiary/aromatic N) is 5. The number of likely N-dealkylation sites (tertiary alicyclic amines) is 1. The molecule has 1 unspecified atom stereocenters. The van der Waals surface area contributed by atoms with Gasteiger partial charge >= 0.3 is 0 Å². The highest BCUT2D eigenvalue weighted by atomic mass is 19.1. The molecule has 1 atom stereocenters. The lowest BCUT2D eigenvalue weighted by molar-refractivity contribution is 0.0734. The lowest BCUT2D eigenvalue weighted by atomic mass is 9.98. The number of aliphatic hydroxyl groups excluding tert-OH is 1. The lowest BCUT2D eigenvalue weighted by Crippen LogP contribution is -2.50. The van der Waals surface area contributed by atoms with Crippen molar-refractivity contribution in [1.29, 1.82) is 0 Å². The Morgan fingerprint density at radius 2 is 2.05 bits per heavy atom. The molecule has 3 rings (SSSR count). The third-order valence-corrected chi connectivity index (χ3v) is 7.05. The number of nitrogens with one attached hydrogen (secondary N) is 2. The molecule has 0 bridgehead atoms. The van der Waals surface area contributed by atoms with Gasteiger partial charge in [-0.3, -0.25) is 19.8 Å². The third-order valence-electron chi connectivity index (χ3n) is 7.05. The van der Waals surface area contributed by atoms with Gasteiger partial charge in [-0.2, -0.15) is 4.91 Å². The summed E-state index contributed by atoms with van der Waals surface area (Å²) in [5.41, 5.74) is 8.93. The molecule has 11 heteroatoms. The number of nitroso groups, excluding NO2 is 1. The Morgan fingerprint density at radius 1 is 1.31 bits per heavy atom. The van der Waals surface area contributed by atoms with Gasteiger partial charge in [0.1, 0.15) is 17.3 Å². The van der Waals surface area contributed by atoms with E-state index in [4.69, 9.17) is 10.8 Å². The summed E-state index contributed by atoms with van der Waals surface area (Å²) in [7, 11) is 1.00. The van der Waals surface area contributed by atoms with Crippen molar-refractivity contribution in [1.82, 2.24) is 20.4 Å². The number of benzene rings is 1. The van der Waals surface area contributed by atoms with E-state index in [9.17, 15) is 9.30 Å². The summed E-state index contributed by atoms with van der Waals surface area (Å²) in [5.74, 6) is 0.230. The van der Waals surface area contributed by atoms with Crippen molar-refractivity contribution in [2.45, 2.75) is 58.2 Å². The number of halogens is 1. The van der Waals surface area contributed by atoms with Crippen molar-refractivity contribution in [3.05, 3.63) is 63.8 Å². The van der Waals surface area contributed by atoms with Crippen LogP contribution in [0.3, 0.4) is 0 Å². The fourth-order valence-corrected chi connectivity index (χ4v) is 4.96. The van der Waals surface area contributed by atoms with Gasteiger partial charge in [0.25, 0.3) is 0 Å². The first-order valence-corrected chi connectivity index (χ1v) is 13.6. The first kappa shape index (κ1) is 32.1. The van der Waals surface area contributed by atoms with Crippen molar-refractivity contribution in [2.24, 2.45) is 20.9 Å². The molecule has 0 saturated carbocycles. The molecule has 2 heterocycles. The molecule has 1 fully saturated rings. The van der Waals surface area contributed by atoms with Crippen LogP contribution in [0.5, 0.6) is 0 Å². The van der Waals surface area contributed by atoms with Gasteiger partial charge in [0.15, 0.2) is 0 Å². The molecule has 1 aromatic carbocycles. The third kappa shape index (κ3) is 10.2. The van der Waals surface area contributed by atoms with Crippen molar-refractivity contribution in [3.63, 3.8) is 0 Å². The first-order chi connectivity index (χ1) is 18.9. The van der Waals surface area contributed by atoms with Crippen molar-refractivity contribution < 1.29 is 9.50 Å². The first-order valence-electron chi connectivity index (χ1n) is 13.6. The summed E-state index contributed by atoms with van der Waals surface area (Å²) in [4.78, 5) is 24.5. The molecule has 10 nitrogen and oxygen atoms in total. The van der Waals surface area contributed by atoms with Crippen LogP contribution < -0.4 is 16.4 Å². The summed E-state index contributed by atoms with van der Waals surface area (Å²) in [6, 6.07) is 6.26. The normalized spacial score (nSPS) is 21.6. The van der Waals surface area contributed by atoms with Crippen molar-refractivity contribution in [3.8, 4) is 0 Å². The van der Waals surface area contributed by atoms with E-state index >= 15 is 0 Å². The molecule has 1 saturated heterocycles. The van der Waals surface area contributed by atoms with Gasteiger partial charge in [-0.05, 0) is 57.3 Å². The topological polar surface area (TPSA) is 131 Å². The Balaban J connectivity index is 0.00000260. The minimum atomic E-state index is -0.116. The molecule has 39 heavy (non-hydrogen) atoms. The van der Waals surface area contributed by atoms with Gasteiger partial charge in [0, 0.05) is 50.6 Å². The fourth-order valence-electron chi connectivity index (χ4n) is 4.96. The van der Waals surface area contributed by atoms with E-state index in [2.05, 4.69) is 49.1 Å². The van der Waals surface area contributed by atoms with Crippen molar-refractivity contribution >= 4 is 12.6 Å². The summed E-state index contributed by atoms with van der Waals surface area (Å²) in [6.07, 6.45) is 7.34. The largest absolute Gasteiger partial charge is 0.400 e. The highest BCUT2D eigenvalue weighted by Crippen LogP contribution is 2.24. The maximum absolute atomic E-state index is 14.4. The van der Waals surface area contributed by atoms with Gasteiger partial charge in [0.2, 0.25) is 0 Å². The number of aliphatic hydroxyl groups is 1. The summed E-state index contributed by atoms with van der Waals surface area (Å²) in [6.45, 7) is 12.7. The quantitative estimate of drug-likeness (QED) is 0.278. The van der Waals surface area contributed by atoms with E-state index in [1.807, 2.05) is 25.3 Å². The number of hydrogen-bond acceptors (Lipinski definition) is 10. The number of nitrogens with two attached hydrogens (primary N) is 1. The number of aliphatic imine (C=N–C) groups is 2. The van der Waals surface area contributed by atoms with Crippen LogP contribution in [-0.2, 0) is 6.54 Å². The zero-order valence-corrected chi connectivity index (χ0v) is 23.6. The average molecular weight is 545 g/mol. The molecule has 216 valence electrons. The summed E-state index contributed by atoms with van der Waals surface area (Å²) in [5, 5.41) is 15.9. The Labute approximate surface area is 231 Å². The highest BCUT2D eigenvalue weighted by molar-refractivity contribution is 5.63. The lowest BCUT2D eigenvalue weighted by Gasteiger charge is -2.42. The minimum absolute atomic E-state index is 0.116. The van der Waals surface area contributed by atoms with E-state index < -0.39 is 0 Å². The monoisotopic (exact) mass is 544 g/mol. The predicted molar refractivity (Wildman–Crippen MR) is 157 cm³/mol. The van der Waals surface area contributed by atoms with Gasteiger partial charge in [-0.25, -0.2) is 4.39 Å². The molecule has 1 aromatic rings. The zero-order chi connectivity index (χ0) is 28.6. The standard InChI is InChI=1S/C27H41FN8O.CH4O/c1-4-23-7-10-32-26(21(3)31-11-12-34-37)27(29)33-19-30-13-16-36(23)24-8-14-35(15-9-24)18-22-6-5-20(2)17-25(22)28;1-2/h5-6,10,17,19,23-24,31H,3-4,7-9,11-16,18,29H2,1-2H3,(H,30,33);2H,1H3/b27-26-,32-10?;. The Bertz CT molecular complexity index is 1010. The van der Waals surface area contributed by atoms with Crippen LogP contribution in [0.4, 0.5) is 4.39 Å². The SMILES string of the molecule is C=C(NCCN=O)/C1=C(\N)NC=NCCN(C2CCN(Cc3ccc(C)cc3F)CC2)C(CC)CC=N1.CO. The molecule has 2 aliphatic heterocycles. The van der Waals surface area contributed by atoms with Crippen LogP contribution in [-0.4, -0.2) is 85.9 Å². The minimum Gasteiger partial charge on any atom is -0.400 e. The average Bonchev–Trinajstić information content (AvgIpc) is 2.94. The number of aryl methyl sites for hydroxylation is 1. The van der Waals surface area contributed by atoms with Crippen LogP contribution in [0.25, 0.3) is 0 Å². The molecule has 0 amide bonds. The second kappa shape index (κ2) is 17.4. The number of piperidine rings is 1. The van der Waals surface area contributed by atoms with E-state index in [0.717, 1.165) is 63.6 Å². The van der Waals surface area contributed by atoms with Crippen LogP contribution in [0.15, 0.2) is 57.2 Å². The fraction of sp³-hybridized carbons (Fsp3) is 0.571. The maximum Gasteiger partial charge on any atom is 0.130 e. The number of hydrogen-bond donors (Lipinski definition) is 4. The van der Waals surface area contributed by atoms with E-state index in [1.54, 1.807) is 12.4 Å². The zero-order valence-electron chi connectivity index (χ0n) is 23.6. The summed E-state index contributed by atoms with van der Waals surface area (Å²) < 4.78 is 14.4. The Hall–Kier alpha value is -3.15. The van der Waals surface area contributed by atoms with E-state index in [-0.39, 0.29) is 12.4 Å². The molecular formula is C28H45FN8O2. The molecule has 5 N–H and O–H groups in total. The molecule has 0 aromatic heterocycles. The highest BCUT2D eigenvalue weighted by Gasteiger charge is 2.29. The number of rotatable bonds is 9. The van der Waals surface area contributed by atoms with E-state index in [0.29, 0.717) is 48.9 Å². The van der Waals surface area contributed by atoms with Gasteiger partial charge in [0.05, 0.1) is 25.1 Å².